The van der Waals surface area contributed by atoms with Gasteiger partial charge in [-0.05, 0) is 65.2 Å². The molecule has 8 heteroatoms. The van der Waals surface area contributed by atoms with Crippen molar-refractivity contribution in [2.45, 2.75) is 13.5 Å². The van der Waals surface area contributed by atoms with Gasteiger partial charge in [0.05, 0.1) is 18.2 Å². The lowest BCUT2D eigenvalue weighted by atomic mass is 10.1. The lowest BCUT2D eigenvalue weighted by Gasteiger charge is -2.21. The van der Waals surface area contributed by atoms with Crippen LogP contribution in [0.25, 0.3) is 10.8 Å². The van der Waals surface area contributed by atoms with Gasteiger partial charge in [0.25, 0.3) is 5.91 Å². The van der Waals surface area contributed by atoms with Crippen molar-refractivity contribution in [1.82, 2.24) is 5.43 Å². The predicted octanol–water partition coefficient (Wildman–Crippen LogP) is 4.64. The topological polar surface area (TPSA) is 88.1 Å². The van der Waals surface area contributed by atoms with Gasteiger partial charge >= 0.3 is 0 Å². The van der Waals surface area contributed by atoms with E-state index in [4.69, 9.17) is 4.74 Å². The summed E-state index contributed by atoms with van der Waals surface area (Å²) in [7, 11) is -3.64. The number of anilines is 1. The molecule has 4 rings (SSSR count). The number of hydrogen-bond acceptors (Lipinski definition) is 5. The molecular weight excluding hydrogens is 474 g/mol. The van der Waals surface area contributed by atoms with Gasteiger partial charge in [0, 0.05) is 0 Å². The normalized spacial score (nSPS) is 11.5. The summed E-state index contributed by atoms with van der Waals surface area (Å²) in [5.74, 6) is 0.165. The van der Waals surface area contributed by atoms with E-state index >= 15 is 0 Å². The average Bonchev–Trinajstić information content (AvgIpc) is 2.87. The van der Waals surface area contributed by atoms with Crippen LogP contribution in [0.1, 0.15) is 16.7 Å². The Bertz CT molecular complexity index is 1480. The maximum atomic E-state index is 12.3. The second-order valence-electron chi connectivity index (χ2n) is 8.39. The van der Waals surface area contributed by atoms with Gasteiger partial charge in [0.2, 0.25) is 10.0 Å². The van der Waals surface area contributed by atoms with Crippen LogP contribution in [0.15, 0.2) is 96.1 Å². The Kier molecular flexibility index (Phi) is 7.65. The first-order chi connectivity index (χ1) is 17.3. The fourth-order valence-electron chi connectivity index (χ4n) is 3.69. The molecule has 0 bridgehead atoms. The Morgan fingerprint density at radius 2 is 1.64 bits per heavy atom. The van der Waals surface area contributed by atoms with E-state index in [9.17, 15) is 13.2 Å². The van der Waals surface area contributed by atoms with E-state index in [1.807, 2.05) is 49.4 Å². The van der Waals surface area contributed by atoms with Gasteiger partial charge in [0.1, 0.15) is 18.9 Å². The zero-order valence-corrected chi connectivity index (χ0v) is 20.9. The van der Waals surface area contributed by atoms with Gasteiger partial charge in [-0.25, -0.2) is 13.8 Å². The Hall–Kier alpha value is -4.17. The number of fused-ring (bicyclic) bond motifs is 1. The molecule has 0 aliphatic carbocycles. The van der Waals surface area contributed by atoms with E-state index < -0.39 is 15.9 Å². The van der Waals surface area contributed by atoms with Crippen LogP contribution >= 0.6 is 0 Å². The Morgan fingerprint density at radius 1 is 0.944 bits per heavy atom. The lowest BCUT2D eigenvalue weighted by molar-refractivity contribution is -0.119. The van der Waals surface area contributed by atoms with Crippen molar-refractivity contribution in [3.05, 3.63) is 108 Å². The number of aryl methyl sites for hydroxylation is 1. The molecule has 184 valence electrons. The fraction of sp³-hybridized carbons (Fsp3) is 0.143. The number of hydrogen-bond donors (Lipinski definition) is 1. The predicted molar refractivity (Wildman–Crippen MR) is 144 cm³/mol. The molecule has 1 N–H and O–H groups in total. The number of carbonyl (C=O) groups excluding carboxylic acids is 1. The Labute approximate surface area is 211 Å². The minimum Gasteiger partial charge on any atom is -0.489 e. The quantitative estimate of drug-likeness (QED) is 0.267. The number of benzene rings is 4. The number of hydrazone groups is 1. The molecule has 0 aromatic heterocycles. The molecule has 0 aliphatic rings. The maximum Gasteiger partial charge on any atom is 0.260 e. The molecule has 0 unspecified atom stereocenters. The van der Waals surface area contributed by atoms with Crippen LogP contribution in [0.3, 0.4) is 0 Å². The Morgan fingerprint density at radius 3 is 2.36 bits per heavy atom. The van der Waals surface area contributed by atoms with E-state index in [1.165, 1.54) is 11.6 Å². The third kappa shape index (κ3) is 6.49. The fourth-order valence-corrected chi connectivity index (χ4v) is 4.54. The van der Waals surface area contributed by atoms with Gasteiger partial charge in [-0.3, -0.25) is 9.10 Å². The van der Waals surface area contributed by atoms with Gasteiger partial charge in [0.15, 0.2) is 0 Å². The third-order valence-corrected chi connectivity index (χ3v) is 6.71. The number of nitrogens with one attached hydrogen (secondary N) is 1. The summed E-state index contributed by atoms with van der Waals surface area (Å²) in [5.41, 5.74) is 5.66. The number of carbonyl (C=O) groups is 1. The first kappa shape index (κ1) is 24.9. The van der Waals surface area contributed by atoms with Gasteiger partial charge < -0.3 is 4.74 Å². The zero-order chi connectivity index (χ0) is 25.5. The van der Waals surface area contributed by atoms with Crippen molar-refractivity contribution in [2.75, 3.05) is 17.1 Å². The molecular formula is C28H27N3O4S. The molecule has 0 saturated heterocycles. The standard InChI is InChI=1S/C28H27N3O4S/c1-21-10-14-25(15-11-21)31(36(2,33)34)19-28(32)30-29-18-22-12-16-26(17-13-22)35-20-24-8-5-7-23-6-3-4-9-27(23)24/h3-18H,19-20H2,1-2H3,(H,30,32)/b29-18-. The van der Waals surface area contributed by atoms with Crippen molar-refractivity contribution in [3.8, 4) is 5.75 Å². The molecule has 7 nitrogen and oxygen atoms in total. The molecule has 0 spiro atoms. The average molecular weight is 502 g/mol. The number of amides is 1. The van der Waals surface area contributed by atoms with Crippen LogP contribution in [0.5, 0.6) is 5.75 Å². The van der Waals surface area contributed by atoms with E-state index in [-0.39, 0.29) is 6.54 Å². The highest BCUT2D eigenvalue weighted by molar-refractivity contribution is 7.92. The summed E-state index contributed by atoms with van der Waals surface area (Å²) < 4.78 is 31.4. The molecule has 0 aliphatic heterocycles. The smallest absolute Gasteiger partial charge is 0.260 e. The number of rotatable bonds is 9. The molecule has 4 aromatic rings. The zero-order valence-electron chi connectivity index (χ0n) is 20.1. The van der Waals surface area contributed by atoms with Crippen molar-refractivity contribution >= 4 is 38.6 Å². The second-order valence-corrected chi connectivity index (χ2v) is 10.3. The molecule has 0 saturated carbocycles. The summed E-state index contributed by atoms with van der Waals surface area (Å²) in [6.07, 6.45) is 2.55. The number of nitrogens with zero attached hydrogens (tertiary/aromatic N) is 2. The van der Waals surface area contributed by atoms with E-state index in [1.54, 1.807) is 24.3 Å². The minimum atomic E-state index is -3.64. The first-order valence-electron chi connectivity index (χ1n) is 11.4. The van der Waals surface area contributed by atoms with Crippen LogP contribution in [0.4, 0.5) is 5.69 Å². The summed E-state index contributed by atoms with van der Waals surface area (Å²) in [6.45, 7) is 1.97. The molecule has 0 fully saturated rings. The first-order valence-corrected chi connectivity index (χ1v) is 13.2. The van der Waals surface area contributed by atoms with Crippen LogP contribution < -0.4 is 14.5 Å². The molecule has 0 atom stereocenters. The molecule has 0 heterocycles. The molecule has 1 amide bonds. The van der Waals surface area contributed by atoms with Crippen LogP contribution in [0.2, 0.25) is 0 Å². The molecule has 4 aromatic carbocycles. The van der Waals surface area contributed by atoms with Crippen LogP contribution in [-0.4, -0.2) is 33.3 Å². The van der Waals surface area contributed by atoms with Crippen molar-refractivity contribution in [3.63, 3.8) is 0 Å². The summed E-state index contributed by atoms with van der Waals surface area (Å²) in [4.78, 5) is 12.3. The molecule has 0 radical (unpaired) electrons. The highest BCUT2D eigenvalue weighted by Gasteiger charge is 2.20. The van der Waals surface area contributed by atoms with E-state index in [0.717, 1.165) is 32.6 Å². The Balaban J connectivity index is 1.32. The monoisotopic (exact) mass is 501 g/mol. The van der Waals surface area contributed by atoms with E-state index in [2.05, 4.69) is 34.8 Å². The van der Waals surface area contributed by atoms with Gasteiger partial charge in [-0.1, -0.05) is 60.2 Å². The summed E-state index contributed by atoms with van der Waals surface area (Å²) >= 11 is 0. The summed E-state index contributed by atoms with van der Waals surface area (Å²) in [5, 5.41) is 6.29. The van der Waals surface area contributed by atoms with Crippen molar-refractivity contribution in [2.24, 2.45) is 5.10 Å². The maximum absolute atomic E-state index is 12.3. The van der Waals surface area contributed by atoms with Crippen LogP contribution in [0, 0.1) is 6.92 Å². The highest BCUT2D eigenvalue weighted by Crippen LogP contribution is 2.21. The third-order valence-electron chi connectivity index (χ3n) is 5.57. The number of sulfonamides is 1. The summed E-state index contributed by atoms with van der Waals surface area (Å²) in [6, 6.07) is 28.5. The largest absolute Gasteiger partial charge is 0.489 e. The molecule has 36 heavy (non-hydrogen) atoms. The highest BCUT2D eigenvalue weighted by atomic mass is 32.2. The lowest BCUT2D eigenvalue weighted by Crippen LogP contribution is -2.39. The van der Waals surface area contributed by atoms with E-state index in [0.29, 0.717) is 18.0 Å². The van der Waals surface area contributed by atoms with Crippen molar-refractivity contribution in [1.29, 1.82) is 0 Å². The number of ether oxygens (including phenoxy) is 1. The SMILES string of the molecule is Cc1ccc(N(CC(=O)N/N=C\c2ccc(OCc3cccc4ccccc34)cc2)S(C)(=O)=O)cc1. The van der Waals surface area contributed by atoms with Crippen molar-refractivity contribution < 1.29 is 17.9 Å². The van der Waals surface area contributed by atoms with Gasteiger partial charge in [-0.15, -0.1) is 0 Å². The second kappa shape index (κ2) is 11.0. The minimum absolute atomic E-state index is 0.375. The van der Waals surface area contributed by atoms with Gasteiger partial charge in [-0.2, -0.15) is 5.10 Å². The van der Waals surface area contributed by atoms with Crippen LogP contribution in [-0.2, 0) is 21.4 Å².